The van der Waals surface area contributed by atoms with Gasteiger partial charge >= 0.3 is 0 Å². The van der Waals surface area contributed by atoms with E-state index in [1.165, 1.54) is 13.4 Å². The van der Waals surface area contributed by atoms with Gasteiger partial charge in [0.05, 0.1) is 27.0 Å². The van der Waals surface area contributed by atoms with E-state index in [-0.39, 0.29) is 11.6 Å². The lowest BCUT2D eigenvalue weighted by atomic mass is 10.2. The molecule has 0 spiro atoms. The van der Waals surface area contributed by atoms with Gasteiger partial charge in [-0.05, 0) is 18.2 Å². The van der Waals surface area contributed by atoms with E-state index in [2.05, 4.69) is 20.6 Å². The van der Waals surface area contributed by atoms with Crippen LogP contribution >= 0.6 is 0 Å². The molecule has 3 aromatic rings. The number of nitrogens with zero attached hydrogens (tertiary/aromatic N) is 2. The molecular formula is C21H22N4O4. The summed E-state index contributed by atoms with van der Waals surface area (Å²) in [6.07, 6.45) is 1.34. The number of ether oxygens (including phenoxy) is 3. The first-order valence-electron chi connectivity index (χ1n) is 8.85. The van der Waals surface area contributed by atoms with Crippen molar-refractivity contribution in [2.45, 2.75) is 6.54 Å². The zero-order valence-corrected chi connectivity index (χ0v) is 16.4. The Morgan fingerprint density at radius 3 is 2.48 bits per heavy atom. The van der Waals surface area contributed by atoms with Crippen molar-refractivity contribution in [3.8, 4) is 17.2 Å². The lowest BCUT2D eigenvalue weighted by Crippen LogP contribution is -2.15. The van der Waals surface area contributed by atoms with Crippen LogP contribution in [0.15, 0.2) is 54.9 Å². The van der Waals surface area contributed by atoms with E-state index in [9.17, 15) is 4.79 Å². The first-order valence-corrected chi connectivity index (χ1v) is 8.85. The maximum atomic E-state index is 12.7. The molecule has 29 heavy (non-hydrogen) atoms. The molecule has 150 valence electrons. The molecule has 8 nitrogen and oxygen atoms in total. The minimum Gasteiger partial charge on any atom is -0.497 e. The Hall–Kier alpha value is -3.81. The third-order valence-corrected chi connectivity index (χ3v) is 4.21. The molecule has 0 saturated heterocycles. The quantitative estimate of drug-likeness (QED) is 0.605. The van der Waals surface area contributed by atoms with E-state index < -0.39 is 0 Å². The van der Waals surface area contributed by atoms with Crippen LogP contribution in [0.4, 0.5) is 11.5 Å². The summed E-state index contributed by atoms with van der Waals surface area (Å²) in [5.41, 5.74) is 1.67. The summed E-state index contributed by atoms with van der Waals surface area (Å²) < 4.78 is 15.8. The number of hydrogen-bond donors (Lipinski definition) is 2. The molecule has 1 aromatic heterocycles. The van der Waals surface area contributed by atoms with E-state index in [0.717, 1.165) is 11.3 Å². The van der Waals surface area contributed by atoms with Crippen molar-refractivity contribution in [1.29, 1.82) is 0 Å². The smallest absolute Gasteiger partial charge is 0.274 e. The summed E-state index contributed by atoms with van der Waals surface area (Å²) in [6.45, 7) is 0.492. The fourth-order valence-electron chi connectivity index (χ4n) is 2.71. The minimum absolute atomic E-state index is 0.215. The molecule has 0 radical (unpaired) electrons. The highest BCUT2D eigenvalue weighted by atomic mass is 16.5. The van der Waals surface area contributed by atoms with E-state index >= 15 is 0 Å². The van der Waals surface area contributed by atoms with Crippen molar-refractivity contribution in [3.63, 3.8) is 0 Å². The summed E-state index contributed by atoms with van der Waals surface area (Å²) >= 11 is 0. The number of methoxy groups -OCH3 is 3. The Morgan fingerprint density at radius 2 is 1.72 bits per heavy atom. The van der Waals surface area contributed by atoms with Crippen molar-refractivity contribution in [2.24, 2.45) is 0 Å². The van der Waals surface area contributed by atoms with Crippen LogP contribution in [0, 0.1) is 0 Å². The van der Waals surface area contributed by atoms with Crippen LogP contribution < -0.4 is 24.8 Å². The highest BCUT2D eigenvalue weighted by molar-refractivity contribution is 6.04. The molecule has 0 aliphatic heterocycles. The summed E-state index contributed by atoms with van der Waals surface area (Å²) in [5, 5.41) is 5.97. The lowest BCUT2D eigenvalue weighted by molar-refractivity contribution is 0.102. The number of amides is 1. The monoisotopic (exact) mass is 394 g/mol. The molecule has 0 aliphatic carbocycles. The molecule has 1 heterocycles. The summed E-state index contributed by atoms with van der Waals surface area (Å²) in [6, 6.07) is 14.4. The lowest BCUT2D eigenvalue weighted by Gasteiger charge is -2.12. The molecule has 0 fully saturated rings. The van der Waals surface area contributed by atoms with Gasteiger partial charge in [0.25, 0.3) is 5.91 Å². The highest BCUT2D eigenvalue weighted by Crippen LogP contribution is 2.29. The molecule has 0 aliphatic rings. The number of benzene rings is 2. The highest BCUT2D eigenvalue weighted by Gasteiger charge is 2.13. The second-order valence-corrected chi connectivity index (χ2v) is 5.97. The molecule has 8 heteroatoms. The summed E-state index contributed by atoms with van der Waals surface area (Å²) in [4.78, 5) is 20.9. The number of nitrogens with one attached hydrogen (secondary N) is 2. The topological polar surface area (TPSA) is 94.6 Å². The Kier molecular flexibility index (Phi) is 6.47. The number of aromatic nitrogens is 2. The van der Waals surface area contributed by atoms with E-state index in [1.807, 2.05) is 24.3 Å². The van der Waals surface area contributed by atoms with Crippen molar-refractivity contribution in [1.82, 2.24) is 9.97 Å². The van der Waals surface area contributed by atoms with Gasteiger partial charge in [0.2, 0.25) is 0 Å². The van der Waals surface area contributed by atoms with Crippen molar-refractivity contribution >= 4 is 17.4 Å². The molecule has 0 atom stereocenters. The SMILES string of the molecule is COc1ccc(OC)c(NC(=O)c2cc(NCc3ccccc3OC)ncn2)c1. The number of hydrogen-bond acceptors (Lipinski definition) is 7. The number of rotatable bonds is 8. The van der Waals surface area contributed by atoms with Gasteiger partial charge in [-0.3, -0.25) is 4.79 Å². The fraction of sp³-hybridized carbons (Fsp3) is 0.190. The second-order valence-electron chi connectivity index (χ2n) is 5.97. The van der Waals surface area contributed by atoms with Gasteiger partial charge in [0.1, 0.15) is 35.1 Å². The van der Waals surface area contributed by atoms with Crippen molar-refractivity contribution in [2.75, 3.05) is 32.0 Å². The van der Waals surface area contributed by atoms with Gasteiger partial charge in [-0.2, -0.15) is 0 Å². The van der Waals surface area contributed by atoms with Gasteiger partial charge in [-0.25, -0.2) is 9.97 Å². The average molecular weight is 394 g/mol. The third-order valence-electron chi connectivity index (χ3n) is 4.21. The average Bonchev–Trinajstić information content (AvgIpc) is 2.77. The van der Waals surface area contributed by atoms with Crippen molar-refractivity contribution < 1.29 is 19.0 Å². The number of carbonyl (C=O) groups is 1. The maximum Gasteiger partial charge on any atom is 0.274 e. The molecule has 1 amide bonds. The summed E-state index contributed by atoms with van der Waals surface area (Å²) in [7, 11) is 4.71. The van der Waals surface area contributed by atoms with Crippen LogP contribution in [-0.4, -0.2) is 37.2 Å². The van der Waals surface area contributed by atoms with Crippen LogP contribution in [0.1, 0.15) is 16.1 Å². The molecule has 0 bridgehead atoms. The van der Waals surface area contributed by atoms with E-state index in [1.54, 1.807) is 38.5 Å². The van der Waals surface area contributed by atoms with Crippen LogP contribution in [0.3, 0.4) is 0 Å². The predicted molar refractivity (Wildman–Crippen MR) is 110 cm³/mol. The second kappa shape index (κ2) is 9.41. The number of anilines is 2. The molecular weight excluding hydrogens is 372 g/mol. The van der Waals surface area contributed by atoms with Crippen LogP contribution in [-0.2, 0) is 6.54 Å². The Labute approximate surface area is 168 Å². The van der Waals surface area contributed by atoms with Gasteiger partial charge in [0, 0.05) is 24.2 Å². The van der Waals surface area contributed by atoms with Gasteiger partial charge < -0.3 is 24.8 Å². The Bertz CT molecular complexity index is 994. The standard InChI is InChI=1S/C21H22N4O4/c1-27-15-8-9-19(29-3)16(10-15)25-21(26)17-11-20(24-13-23-17)22-12-14-6-4-5-7-18(14)28-2/h4-11,13H,12H2,1-3H3,(H,25,26)(H,22,23,24). The maximum absolute atomic E-state index is 12.7. The number of carbonyl (C=O) groups excluding carboxylic acids is 1. The zero-order chi connectivity index (χ0) is 20.6. The third kappa shape index (κ3) is 4.92. The van der Waals surface area contributed by atoms with E-state index in [4.69, 9.17) is 14.2 Å². The Morgan fingerprint density at radius 1 is 0.931 bits per heavy atom. The molecule has 2 aromatic carbocycles. The van der Waals surface area contributed by atoms with Crippen LogP contribution in [0.2, 0.25) is 0 Å². The van der Waals surface area contributed by atoms with Gasteiger partial charge in [-0.1, -0.05) is 18.2 Å². The molecule has 0 saturated carbocycles. The molecule has 2 N–H and O–H groups in total. The molecule has 3 rings (SSSR count). The zero-order valence-electron chi connectivity index (χ0n) is 16.4. The molecule has 0 unspecified atom stereocenters. The van der Waals surface area contributed by atoms with Gasteiger partial charge in [0.15, 0.2) is 0 Å². The minimum atomic E-state index is -0.390. The largest absolute Gasteiger partial charge is 0.497 e. The normalized spacial score (nSPS) is 10.2. The first kappa shape index (κ1) is 19.9. The van der Waals surface area contributed by atoms with E-state index in [0.29, 0.717) is 29.5 Å². The van der Waals surface area contributed by atoms with Gasteiger partial charge in [-0.15, -0.1) is 0 Å². The van der Waals surface area contributed by atoms with Crippen molar-refractivity contribution in [3.05, 3.63) is 66.1 Å². The van der Waals surface area contributed by atoms with Crippen LogP contribution in [0.25, 0.3) is 0 Å². The van der Waals surface area contributed by atoms with Crippen LogP contribution in [0.5, 0.6) is 17.2 Å². The Balaban J connectivity index is 1.73. The fourth-order valence-corrected chi connectivity index (χ4v) is 2.71. The summed E-state index contributed by atoms with van der Waals surface area (Å²) in [5.74, 6) is 2.02. The number of para-hydroxylation sites is 1. The predicted octanol–water partition coefficient (Wildman–Crippen LogP) is 3.37. The first-order chi connectivity index (χ1) is 14.1.